The number of unbranched alkanes of at least 4 members (excludes halogenated alkanes) is 2. The molecule has 0 fully saturated rings. The number of allylic oxidation sites excluding steroid dienone is 1. The first-order valence-corrected chi connectivity index (χ1v) is 12.9. The van der Waals surface area contributed by atoms with Gasteiger partial charge in [0.15, 0.2) is 0 Å². The minimum absolute atomic E-state index is 0.0737. The number of hydrogen-bond acceptors (Lipinski definition) is 4. The number of para-hydroxylation sites is 3. The van der Waals surface area contributed by atoms with E-state index in [-0.39, 0.29) is 5.91 Å². The van der Waals surface area contributed by atoms with E-state index >= 15 is 0 Å². The van der Waals surface area contributed by atoms with Crippen LogP contribution in [-0.4, -0.2) is 35.7 Å². The zero-order valence-electron chi connectivity index (χ0n) is 21.5. The number of rotatable bonds is 14. The summed E-state index contributed by atoms with van der Waals surface area (Å²) in [6, 6.07) is 23.6. The highest BCUT2D eigenvalue weighted by Crippen LogP contribution is 2.21. The van der Waals surface area contributed by atoms with E-state index in [0.29, 0.717) is 24.5 Å². The summed E-state index contributed by atoms with van der Waals surface area (Å²) in [6.45, 7) is 5.79. The Kier molecular flexibility index (Phi) is 9.35. The van der Waals surface area contributed by atoms with Crippen molar-refractivity contribution in [2.45, 2.75) is 38.6 Å². The quantitative estimate of drug-likeness (QED) is 0.172. The molecule has 1 heterocycles. The summed E-state index contributed by atoms with van der Waals surface area (Å²) in [5, 5.41) is 3.00. The second kappa shape index (κ2) is 13.3. The first-order valence-electron chi connectivity index (χ1n) is 12.9. The predicted molar refractivity (Wildman–Crippen MR) is 148 cm³/mol. The van der Waals surface area contributed by atoms with Gasteiger partial charge in [0, 0.05) is 18.5 Å². The Bertz CT molecular complexity index is 1330. The molecule has 1 amide bonds. The average Bonchev–Trinajstić information content (AvgIpc) is 3.29. The molecule has 4 aromatic rings. The topological polar surface area (TPSA) is 65.4 Å². The highest BCUT2D eigenvalue weighted by Gasteiger charge is 2.11. The number of ether oxygens (including phenoxy) is 2. The van der Waals surface area contributed by atoms with E-state index < -0.39 is 0 Å². The highest BCUT2D eigenvalue weighted by molar-refractivity contribution is 5.94. The first-order chi connectivity index (χ1) is 18.2. The minimum atomic E-state index is -0.0737. The van der Waals surface area contributed by atoms with Crippen LogP contribution < -0.4 is 14.8 Å². The number of carbonyl (C=O) groups excluding carboxylic acids is 1. The van der Waals surface area contributed by atoms with Crippen molar-refractivity contribution in [3.8, 4) is 11.5 Å². The molecule has 0 atom stereocenters. The van der Waals surface area contributed by atoms with Gasteiger partial charge in [-0.1, -0.05) is 48.9 Å². The van der Waals surface area contributed by atoms with Crippen LogP contribution in [0, 0.1) is 0 Å². The van der Waals surface area contributed by atoms with E-state index in [4.69, 9.17) is 14.5 Å². The van der Waals surface area contributed by atoms with Gasteiger partial charge in [0.05, 0.1) is 24.7 Å². The molecule has 0 spiro atoms. The molecule has 37 heavy (non-hydrogen) atoms. The molecular formula is C31H35N3O3. The van der Waals surface area contributed by atoms with Crippen molar-refractivity contribution in [1.29, 1.82) is 0 Å². The number of carbonyl (C=O) groups is 1. The molecule has 0 radical (unpaired) electrons. The molecule has 4 rings (SSSR count). The summed E-state index contributed by atoms with van der Waals surface area (Å²) >= 11 is 0. The fourth-order valence-electron chi connectivity index (χ4n) is 4.43. The molecule has 6 nitrogen and oxygen atoms in total. The second-order valence-corrected chi connectivity index (χ2v) is 8.92. The predicted octanol–water partition coefficient (Wildman–Crippen LogP) is 6.00. The number of aryl methyl sites for hydroxylation is 1. The van der Waals surface area contributed by atoms with E-state index in [1.807, 2.05) is 42.5 Å². The molecule has 3 aromatic carbocycles. The van der Waals surface area contributed by atoms with Gasteiger partial charge < -0.3 is 19.4 Å². The standard InChI is InChI=1S/C31H35N3O3/c1-3-12-24-13-6-9-18-29(24)37-22-21-34-28-17-8-7-16-27(28)33-30(34)19-5-4-10-20-32-31(35)25-14-11-15-26(23-25)36-2/h3,6-9,11,13-18,23H,1,4-5,10,12,19-22H2,2H3,(H,32,35). The largest absolute Gasteiger partial charge is 0.497 e. The number of aromatic nitrogens is 2. The summed E-state index contributed by atoms with van der Waals surface area (Å²) in [5.41, 5.74) is 3.90. The maximum Gasteiger partial charge on any atom is 0.251 e. The van der Waals surface area contributed by atoms with Crippen molar-refractivity contribution in [3.63, 3.8) is 0 Å². The van der Waals surface area contributed by atoms with Crippen LogP contribution in [-0.2, 0) is 19.4 Å². The van der Waals surface area contributed by atoms with Gasteiger partial charge in [-0.05, 0) is 61.2 Å². The Balaban J connectivity index is 1.28. The molecule has 0 bridgehead atoms. The number of benzene rings is 3. The normalized spacial score (nSPS) is 10.8. The lowest BCUT2D eigenvalue weighted by molar-refractivity contribution is 0.0952. The molecule has 6 heteroatoms. The molecule has 0 aliphatic rings. The smallest absolute Gasteiger partial charge is 0.251 e. The number of fused-ring (bicyclic) bond motifs is 1. The van der Waals surface area contributed by atoms with Gasteiger partial charge in [0.1, 0.15) is 23.9 Å². The third-order valence-corrected chi connectivity index (χ3v) is 6.34. The number of hydrogen-bond donors (Lipinski definition) is 1. The maximum atomic E-state index is 12.4. The lowest BCUT2D eigenvalue weighted by Crippen LogP contribution is -2.24. The third kappa shape index (κ3) is 7.00. The number of amides is 1. The van der Waals surface area contributed by atoms with Gasteiger partial charge in [-0.15, -0.1) is 6.58 Å². The Morgan fingerprint density at radius 3 is 2.73 bits per heavy atom. The summed E-state index contributed by atoms with van der Waals surface area (Å²) in [4.78, 5) is 17.3. The molecule has 0 aliphatic carbocycles. The zero-order chi connectivity index (χ0) is 25.9. The maximum absolute atomic E-state index is 12.4. The number of nitrogens with one attached hydrogen (secondary N) is 1. The van der Waals surface area contributed by atoms with Crippen molar-refractivity contribution in [1.82, 2.24) is 14.9 Å². The molecule has 0 aliphatic heterocycles. The van der Waals surface area contributed by atoms with Crippen LogP contribution in [0.2, 0.25) is 0 Å². The second-order valence-electron chi connectivity index (χ2n) is 8.92. The van der Waals surface area contributed by atoms with Crippen LogP contribution >= 0.6 is 0 Å². The van der Waals surface area contributed by atoms with Gasteiger partial charge in [0.25, 0.3) is 5.91 Å². The SMILES string of the molecule is C=CCc1ccccc1OCCn1c(CCCCCNC(=O)c2cccc(OC)c2)nc2ccccc21. The summed E-state index contributed by atoms with van der Waals surface area (Å²) < 4.78 is 13.6. The van der Waals surface area contributed by atoms with Crippen molar-refractivity contribution in [2.24, 2.45) is 0 Å². The van der Waals surface area contributed by atoms with Crippen molar-refractivity contribution < 1.29 is 14.3 Å². The highest BCUT2D eigenvalue weighted by atomic mass is 16.5. The summed E-state index contributed by atoms with van der Waals surface area (Å²) in [7, 11) is 1.60. The van der Waals surface area contributed by atoms with E-state index in [9.17, 15) is 4.79 Å². The van der Waals surface area contributed by atoms with Crippen LogP contribution in [0.5, 0.6) is 11.5 Å². The summed E-state index contributed by atoms with van der Waals surface area (Å²) in [5.74, 6) is 2.59. The zero-order valence-corrected chi connectivity index (χ0v) is 21.5. The molecule has 1 N–H and O–H groups in total. The number of imidazole rings is 1. The fourth-order valence-corrected chi connectivity index (χ4v) is 4.43. The third-order valence-electron chi connectivity index (χ3n) is 6.34. The Hall–Kier alpha value is -4.06. The average molecular weight is 498 g/mol. The minimum Gasteiger partial charge on any atom is -0.497 e. The van der Waals surface area contributed by atoms with Gasteiger partial charge in [0.2, 0.25) is 0 Å². The van der Waals surface area contributed by atoms with E-state index in [1.165, 1.54) is 0 Å². The van der Waals surface area contributed by atoms with Crippen LogP contribution in [0.3, 0.4) is 0 Å². The molecule has 1 aromatic heterocycles. The molecule has 192 valence electrons. The lowest BCUT2D eigenvalue weighted by atomic mass is 10.1. The lowest BCUT2D eigenvalue weighted by Gasteiger charge is -2.13. The Labute approximate surface area is 218 Å². The van der Waals surface area contributed by atoms with Gasteiger partial charge in [-0.2, -0.15) is 0 Å². The first kappa shape index (κ1) is 26.0. The Morgan fingerprint density at radius 2 is 1.86 bits per heavy atom. The Morgan fingerprint density at radius 1 is 1.03 bits per heavy atom. The van der Waals surface area contributed by atoms with Crippen molar-refractivity contribution in [3.05, 3.63) is 102 Å². The van der Waals surface area contributed by atoms with Crippen LogP contribution in [0.1, 0.15) is 41.0 Å². The van der Waals surface area contributed by atoms with Crippen LogP contribution in [0.4, 0.5) is 0 Å². The van der Waals surface area contributed by atoms with Crippen molar-refractivity contribution >= 4 is 16.9 Å². The van der Waals surface area contributed by atoms with Crippen LogP contribution in [0.15, 0.2) is 85.5 Å². The fraction of sp³-hybridized carbons (Fsp3) is 0.290. The number of methoxy groups -OCH3 is 1. The van der Waals surface area contributed by atoms with Gasteiger partial charge >= 0.3 is 0 Å². The molecule has 0 saturated heterocycles. The molecule has 0 saturated carbocycles. The monoisotopic (exact) mass is 497 g/mol. The molecule has 0 unspecified atom stereocenters. The van der Waals surface area contributed by atoms with E-state index in [2.05, 4.69) is 40.7 Å². The van der Waals surface area contributed by atoms with Gasteiger partial charge in [-0.3, -0.25) is 4.79 Å². The summed E-state index contributed by atoms with van der Waals surface area (Å²) in [6.07, 6.45) is 6.49. The van der Waals surface area contributed by atoms with Gasteiger partial charge in [-0.25, -0.2) is 4.98 Å². The molecular weight excluding hydrogens is 462 g/mol. The van der Waals surface area contributed by atoms with Crippen LogP contribution in [0.25, 0.3) is 11.0 Å². The van der Waals surface area contributed by atoms with E-state index in [0.717, 1.165) is 66.8 Å². The van der Waals surface area contributed by atoms with E-state index in [1.54, 1.807) is 19.2 Å². The van der Waals surface area contributed by atoms with Crippen molar-refractivity contribution in [2.75, 3.05) is 20.3 Å². The number of nitrogens with zero attached hydrogens (tertiary/aromatic N) is 2.